The first-order valence-corrected chi connectivity index (χ1v) is 10.4. The Morgan fingerprint density at radius 1 is 0.848 bits per heavy atom. The summed E-state index contributed by atoms with van der Waals surface area (Å²) >= 11 is 0. The molecule has 1 aromatic heterocycles. The predicted octanol–water partition coefficient (Wildman–Crippen LogP) is 6.37. The maximum atomic E-state index is 13.1. The molecule has 0 saturated carbocycles. The quantitative estimate of drug-likeness (QED) is 0.358. The summed E-state index contributed by atoms with van der Waals surface area (Å²) in [5, 5.41) is 9.67. The molecule has 0 aliphatic heterocycles. The average molecular weight is 448 g/mol. The van der Waals surface area contributed by atoms with Crippen molar-refractivity contribution in [2.45, 2.75) is 19.2 Å². The molecule has 5 rings (SSSR count). The van der Waals surface area contributed by atoms with Crippen molar-refractivity contribution in [3.05, 3.63) is 83.9 Å². The van der Waals surface area contributed by atoms with Gasteiger partial charge in [-0.1, -0.05) is 24.3 Å². The molecule has 3 aromatic carbocycles. The summed E-state index contributed by atoms with van der Waals surface area (Å²) in [7, 11) is 0. The summed E-state index contributed by atoms with van der Waals surface area (Å²) in [6.07, 6.45) is -3.51. The number of rotatable bonds is 3. The molecule has 0 radical (unpaired) electrons. The van der Waals surface area contributed by atoms with Crippen LogP contribution in [0.2, 0.25) is 0 Å². The van der Waals surface area contributed by atoms with Crippen molar-refractivity contribution < 1.29 is 23.0 Å². The van der Waals surface area contributed by atoms with Gasteiger partial charge in [0.15, 0.2) is 0 Å². The number of alkyl halides is 3. The van der Waals surface area contributed by atoms with Gasteiger partial charge in [0.2, 0.25) is 0 Å². The number of halogens is 3. The summed E-state index contributed by atoms with van der Waals surface area (Å²) in [6, 6.07) is 20.1. The number of anilines is 1. The van der Waals surface area contributed by atoms with Crippen LogP contribution in [0.1, 0.15) is 11.1 Å². The second kappa shape index (κ2) is 7.85. The summed E-state index contributed by atoms with van der Waals surface area (Å²) in [4.78, 5) is 4.89. The van der Waals surface area contributed by atoms with Gasteiger partial charge in [-0.15, -0.1) is 13.2 Å². The normalized spacial score (nSPS) is 12.7. The molecular formula is C26H19F3N2O2. The van der Waals surface area contributed by atoms with Crippen LogP contribution in [0.4, 0.5) is 18.9 Å². The lowest BCUT2D eigenvalue weighted by atomic mass is 9.84. The Hall–Kier alpha value is -4.00. The first kappa shape index (κ1) is 20.9. The molecule has 166 valence electrons. The van der Waals surface area contributed by atoms with E-state index in [0.717, 1.165) is 22.3 Å². The molecule has 4 nitrogen and oxygen atoms in total. The highest BCUT2D eigenvalue weighted by atomic mass is 19.4. The van der Waals surface area contributed by atoms with Crippen molar-refractivity contribution in [2.24, 2.45) is 0 Å². The number of phenolic OH excluding ortho intramolecular Hbond substituents is 1. The predicted molar refractivity (Wildman–Crippen MR) is 121 cm³/mol. The van der Waals surface area contributed by atoms with Gasteiger partial charge in [0.1, 0.15) is 11.5 Å². The molecule has 0 atom stereocenters. The van der Waals surface area contributed by atoms with E-state index in [9.17, 15) is 18.3 Å². The molecule has 0 unspecified atom stereocenters. The number of aromatic hydroxyl groups is 1. The molecule has 1 aliphatic rings. The minimum atomic E-state index is -4.81. The first-order chi connectivity index (χ1) is 15.8. The Balaban J connectivity index is 1.77. The fraction of sp³-hybridized carbons (Fsp3) is 0.115. The first-order valence-electron chi connectivity index (χ1n) is 10.4. The monoisotopic (exact) mass is 448 g/mol. The molecule has 1 heterocycles. The van der Waals surface area contributed by atoms with Crippen LogP contribution in [0.25, 0.3) is 33.6 Å². The molecular weight excluding hydrogens is 429 g/mol. The van der Waals surface area contributed by atoms with Gasteiger partial charge in [0, 0.05) is 22.4 Å². The maximum absolute atomic E-state index is 13.1. The SMILES string of the molecule is Nc1ccc2c(c1)CCc1c(-c3ccccc3OC(F)(F)F)cc(-c3ccc(O)cc3)nc1-2. The van der Waals surface area contributed by atoms with Crippen LogP contribution in [0.5, 0.6) is 11.5 Å². The number of fused-ring (bicyclic) bond motifs is 3. The minimum Gasteiger partial charge on any atom is -0.508 e. The number of para-hydroxylation sites is 1. The van der Waals surface area contributed by atoms with E-state index in [2.05, 4.69) is 4.74 Å². The van der Waals surface area contributed by atoms with Gasteiger partial charge in [-0.3, -0.25) is 0 Å². The fourth-order valence-electron chi connectivity index (χ4n) is 4.28. The highest BCUT2D eigenvalue weighted by Crippen LogP contribution is 2.43. The van der Waals surface area contributed by atoms with Crippen LogP contribution < -0.4 is 10.5 Å². The molecule has 0 saturated heterocycles. The molecule has 1 aliphatic carbocycles. The lowest BCUT2D eigenvalue weighted by Crippen LogP contribution is -2.18. The maximum Gasteiger partial charge on any atom is 0.573 e. The number of hydrogen-bond acceptors (Lipinski definition) is 4. The van der Waals surface area contributed by atoms with E-state index < -0.39 is 6.36 Å². The van der Waals surface area contributed by atoms with Gasteiger partial charge in [-0.25, -0.2) is 4.98 Å². The summed E-state index contributed by atoms with van der Waals surface area (Å²) in [5.41, 5.74) is 12.4. The van der Waals surface area contributed by atoms with Gasteiger partial charge in [0.25, 0.3) is 0 Å². The number of hydrogen-bond donors (Lipinski definition) is 2. The van der Waals surface area contributed by atoms with E-state index in [-0.39, 0.29) is 11.5 Å². The van der Waals surface area contributed by atoms with Gasteiger partial charge in [-0.05, 0) is 78.1 Å². The highest BCUT2D eigenvalue weighted by molar-refractivity contribution is 5.85. The van der Waals surface area contributed by atoms with E-state index in [0.29, 0.717) is 41.0 Å². The highest BCUT2D eigenvalue weighted by Gasteiger charge is 2.33. The topological polar surface area (TPSA) is 68.4 Å². The lowest BCUT2D eigenvalue weighted by Gasteiger charge is -2.24. The van der Waals surface area contributed by atoms with Crippen LogP contribution >= 0.6 is 0 Å². The van der Waals surface area contributed by atoms with Crippen molar-refractivity contribution in [3.8, 4) is 45.1 Å². The number of nitrogens with zero attached hydrogens (tertiary/aromatic N) is 1. The smallest absolute Gasteiger partial charge is 0.508 e. The minimum absolute atomic E-state index is 0.113. The Bertz CT molecular complexity index is 1350. The van der Waals surface area contributed by atoms with Crippen LogP contribution in [0.3, 0.4) is 0 Å². The number of aromatic nitrogens is 1. The molecule has 3 N–H and O–H groups in total. The number of nitrogens with two attached hydrogens (primary N) is 1. The molecule has 4 aromatic rings. The van der Waals surface area contributed by atoms with E-state index in [1.54, 1.807) is 48.5 Å². The van der Waals surface area contributed by atoms with Gasteiger partial charge in [-0.2, -0.15) is 0 Å². The largest absolute Gasteiger partial charge is 0.573 e. The second-order valence-corrected chi connectivity index (χ2v) is 7.89. The molecule has 0 fully saturated rings. The van der Waals surface area contributed by atoms with E-state index in [1.807, 2.05) is 12.1 Å². The number of phenols is 1. The zero-order chi connectivity index (χ0) is 23.2. The Morgan fingerprint density at radius 3 is 2.36 bits per heavy atom. The van der Waals surface area contributed by atoms with Gasteiger partial charge in [0.05, 0.1) is 11.4 Å². The summed E-state index contributed by atoms with van der Waals surface area (Å²) in [6.45, 7) is 0. The van der Waals surface area contributed by atoms with Crippen molar-refractivity contribution in [3.63, 3.8) is 0 Å². The second-order valence-electron chi connectivity index (χ2n) is 7.89. The van der Waals surface area contributed by atoms with Crippen LogP contribution in [0, 0.1) is 0 Å². The summed E-state index contributed by atoms with van der Waals surface area (Å²) in [5.74, 6) is -0.153. The Labute approximate surface area is 188 Å². The van der Waals surface area contributed by atoms with Crippen molar-refractivity contribution in [1.82, 2.24) is 4.98 Å². The van der Waals surface area contributed by atoms with Crippen LogP contribution in [0.15, 0.2) is 72.8 Å². The van der Waals surface area contributed by atoms with Gasteiger partial charge < -0.3 is 15.6 Å². The van der Waals surface area contributed by atoms with E-state index in [1.165, 1.54) is 12.1 Å². The third-order valence-electron chi connectivity index (χ3n) is 5.72. The fourth-order valence-corrected chi connectivity index (χ4v) is 4.28. The summed E-state index contributed by atoms with van der Waals surface area (Å²) < 4.78 is 43.7. The number of benzene rings is 3. The van der Waals surface area contributed by atoms with Crippen molar-refractivity contribution in [1.29, 1.82) is 0 Å². The molecule has 33 heavy (non-hydrogen) atoms. The average Bonchev–Trinajstić information content (AvgIpc) is 2.78. The zero-order valence-corrected chi connectivity index (χ0v) is 17.4. The van der Waals surface area contributed by atoms with Crippen LogP contribution in [-0.2, 0) is 12.8 Å². The molecule has 7 heteroatoms. The lowest BCUT2D eigenvalue weighted by molar-refractivity contribution is -0.274. The third kappa shape index (κ3) is 4.09. The van der Waals surface area contributed by atoms with E-state index >= 15 is 0 Å². The zero-order valence-electron chi connectivity index (χ0n) is 17.4. The third-order valence-corrected chi connectivity index (χ3v) is 5.72. The molecule has 0 spiro atoms. The number of pyridine rings is 1. The van der Waals surface area contributed by atoms with Crippen molar-refractivity contribution in [2.75, 3.05) is 5.73 Å². The van der Waals surface area contributed by atoms with Crippen LogP contribution in [-0.4, -0.2) is 16.5 Å². The standard InChI is InChI=1S/C26H19F3N2O2/c27-26(28,29)33-24-4-2-1-3-20(24)22-14-23(15-5-9-18(32)10-6-15)31-25-19-12-8-17(30)13-16(19)7-11-21(22)25/h1-6,8-10,12-14,32H,7,11,30H2. The Kier molecular flexibility index (Phi) is 4.96. The number of aryl methyl sites for hydroxylation is 1. The number of nitrogen functional groups attached to an aromatic ring is 1. The molecule has 0 amide bonds. The Morgan fingerprint density at radius 2 is 1.61 bits per heavy atom. The molecule has 0 bridgehead atoms. The van der Waals surface area contributed by atoms with Gasteiger partial charge >= 0.3 is 6.36 Å². The van der Waals surface area contributed by atoms with Crippen molar-refractivity contribution >= 4 is 5.69 Å². The van der Waals surface area contributed by atoms with E-state index in [4.69, 9.17) is 10.7 Å². The number of ether oxygens (including phenoxy) is 1.